The van der Waals surface area contributed by atoms with Crippen LogP contribution >= 0.6 is 23.2 Å². The Morgan fingerprint density at radius 3 is 2.88 bits per heavy atom. The summed E-state index contributed by atoms with van der Waals surface area (Å²) in [7, 11) is 0. The van der Waals surface area contributed by atoms with E-state index in [0.29, 0.717) is 15.6 Å². The van der Waals surface area contributed by atoms with Crippen LogP contribution in [0.1, 0.15) is 36.0 Å². The zero-order valence-corrected chi connectivity index (χ0v) is 11.0. The molecule has 17 heavy (non-hydrogen) atoms. The molecule has 1 aromatic rings. The summed E-state index contributed by atoms with van der Waals surface area (Å²) in [6.07, 6.45) is 4.27. The molecule has 0 saturated carbocycles. The number of nitrogens with one attached hydrogen (secondary N) is 1. The third-order valence-electron chi connectivity index (χ3n) is 3.07. The number of benzene rings is 1. The maximum atomic E-state index is 12.3. The van der Waals surface area contributed by atoms with Gasteiger partial charge in [0.25, 0.3) is 0 Å². The minimum Gasteiger partial charge on any atom is -0.307 e. The molecule has 92 valence electrons. The Bertz CT molecular complexity index is 412. The summed E-state index contributed by atoms with van der Waals surface area (Å²) in [5.41, 5.74) is 0.526. The molecule has 1 aliphatic rings. The van der Waals surface area contributed by atoms with Crippen LogP contribution in [0.4, 0.5) is 0 Å². The van der Waals surface area contributed by atoms with Crippen LogP contribution in [-0.4, -0.2) is 18.4 Å². The van der Waals surface area contributed by atoms with Gasteiger partial charge in [-0.2, -0.15) is 0 Å². The Kier molecular flexibility index (Phi) is 4.43. The first-order valence-corrected chi connectivity index (χ1v) is 6.67. The molecular weight excluding hydrogens is 257 g/mol. The number of ketones is 1. The molecule has 0 bridgehead atoms. The molecule has 1 unspecified atom stereocenters. The van der Waals surface area contributed by atoms with Gasteiger partial charge in [-0.3, -0.25) is 4.79 Å². The van der Waals surface area contributed by atoms with Crippen molar-refractivity contribution >= 4 is 29.0 Å². The van der Waals surface area contributed by atoms with E-state index in [0.717, 1.165) is 25.8 Å². The number of rotatable bonds is 2. The van der Waals surface area contributed by atoms with Crippen LogP contribution < -0.4 is 5.32 Å². The molecule has 1 N–H and O–H groups in total. The van der Waals surface area contributed by atoms with E-state index >= 15 is 0 Å². The summed E-state index contributed by atoms with van der Waals surface area (Å²) in [4.78, 5) is 12.3. The van der Waals surface area contributed by atoms with Crippen molar-refractivity contribution in [2.24, 2.45) is 0 Å². The summed E-state index contributed by atoms with van der Waals surface area (Å²) in [6.45, 7) is 0.897. The zero-order chi connectivity index (χ0) is 12.3. The highest BCUT2D eigenvalue weighted by Gasteiger charge is 2.22. The lowest BCUT2D eigenvalue weighted by molar-refractivity contribution is 0.0941. The van der Waals surface area contributed by atoms with Crippen molar-refractivity contribution in [3.8, 4) is 0 Å². The van der Waals surface area contributed by atoms with Crippen molar-refractivity contribution in [3.63, 3.8) is 0 Å². The lowest BCUT2D eigenvalue weighted by atomic mass is 10.0. The SMILES string of the molecule is O=C(c1cc(Cl)ccc1Cl)C1CCCCCN1. The second-order valence-electron chi connectivity index (χ2n) is 4.34. The first kappa shape index (κ1) is 12.9. The fraction of sp³-hybridized carbons (Fsp3) is 0.462. The molecule has 4 heteroatoms. The normalized spacial score (nSPS) is 20.9. The Morgan fingerprint density at radius 2 is 2.06 bits per heavy atom. The largest absolute Gasteiger partial charge is 0.307 e. The van der Waals surface area contributed by atoms with E-state index in [1.54, 1.807) is 18.2 Å². The third kappa shape index (κ3) is 3.21. The average molecular weight is 272 g/mol. The van der Waals surface area contributed by atoms with Gasteiger partial charge in [-0.25, -0.2) is 0 Å². The van der Waals surface area contributed by atoms with E-state index in [4.69, 9.17) is 23.2 Å². The molecule has 0 aliphatic carbocycles. The van der Waals surface area contributed by atoms with Gasteiger partial charge in [0.2, 0.25) is 0 Å². The van der Waals surface area contributed by atoms with Crippen LogP contribution in [-0.2, 0) is 0 Å². The summed E-state index contributed by atoms with van der Waals surface area (Å²) in [5, 5.41) is 4.30. The van der Waals surface area contributed by atoms with E-state index in [1.165, 1.54) is 6.42 Å². The van der Waals surface area contributed by atoms with Gasteiger partial charge >= 0.3 is 0 Å². The maximum absolute atomic E-state index is 12.3. The Balaban J connectivity index is 2.20. The molecule has 1 heterocycles. The summed E-state index contributed by atoms with van der Waals surface area (Å²) < 4.78 is 0. The second-order valence-corrected chi connectivity index (χ2v) is 5.19. The Hall–Kier alpha value is -0.570. The monoisotopic (exact) mass is 271 g/mol. The maximum Gasteiger partial charge on any atom is 0.181 e. The summed E-state index contributed by atoms with van der Waals surface area (Å²) in [6, 6.07) is 4.90. The van der Waals surface area contributed by atoms with E-state index in [9.17, 15) is 4.79 Å². The average Bonchev–Trinajstić information content (AvgIpc) is 2.60. The van der Waals surface area contributed by atoms with E-state index in [-0.39, 0.29) is 11.8 Å². The van der Waals surface area contributed by atoms with Crippen LogP contribution in [0.2, 0.25) is 10.0 Å². The van der Waals surface area contributed by atoms with Gasteiger partial charge in [0.15, 0.2) is 5.78 Å². The Labute approximate surface area is 111 Å². The standard InChI is InChI=1S/C13H15Cl2NO/c14-9-5-6-11(15)10(8-9)13(17)12-4-2-1-3-7-16-12/h5-6,8,12,16H,1-4,7H2. The molecule has 0 radical (unpaired) electrons. The molecule has 0 amide bonds. The number of carbonyl (C=O) groups excluding carboxylic acids is 1. The Morgan fingerprint density at radius 1 is 1.24 bits per heavy atom. The number of hydrogen-bond acceptors (Lipinski definition) is 2. The minimum atomic E-state index is -0.117. The highest BCUT2D eigenvalue weighted by molar-refractivity contribution is 6.36. The number of hydrogen-bond donors (Lipinski definition) is 1. The van der Waals surface area contributed by atoms with E-state index in [1.807, 2.05) is 0 Å². The molecule has 2 rings (SSSR count). The summed E-state index contributed by atoms with van der Waals surface area (Å²) >= 11 is 11.9. The molecule has 0 spiro atoms. The van der Waals surface area contributed by atoms with Gasteiger partial charge < -0.3 is 5.32 Å². The smallest absolute Gasteiger partial charge is 0.181 e. The number of Topliss-reactive ketones (excluding diaryl/α,β-unsaturated/α-hetero) is 1. The molecule has 1 aromatic carbocycles. The van der Waals surface area contributed by atoms with Gasteiger partial charge in [-0.1, -0.05) is 36.0 Å². The van der Waals surface area contributed by atoms with Crippen molar-refractivity contribution in [2.75, 3.05) is 6.54 Å². The minimum absolute atomic E-state index is 0.0550. The van der Waals surface area contributed by atoms with E-state index in [2.05, 4.69) is 5.32 Å². The van der Waals surface area contributed by atoms with Crippen LogP contribution in [0.5, 0.6) is 0 Å². The fourth-order valence-corrected chi connectivity index (χ4v) is 2.51. The van der Waals surface area contributed by atoms with Crippen molar-refractivity contribution in [1.29, 1.82) is 0 Å². The fourth-order valence-electron chi connectivity index (χ4n) is 2.13. The van der Waals surface area contributed by atoms with Crippen LogP contribution in [0.3, 0.4) is 0 Å². The van der Waals surface area contributed by atoms with Crippen molar-refractivity contribution in [1.82, 2.24) is 5.32 Å². The predicted octanol–water partition coefficient (Wildman–Crippen LogP) is 3.71. The van der Waals surface area contributed by atoms with Gasteiger partial charge in [-0.05, 0) is 37.6 Å². The van der Waals surface area contributed by atoms with Gasteiger partial charge in [0.05, 0.1) is 11.1 Å². The highest BCUT2D eigenvalue weighted by atomic mass is 35.5. The van der Waals surface area contributed by atoms with Crippen molar-refractivity contribution in [2.45, 2.75) is 31.7 Å². The zero-order valence-electron chi connectivity index (χ0n) is 9.51. The number of halogens is 2. The first-order valence-electron chi connectivity index (χ1n) is 5.91. The lowest BCUT2D eigenvalue weighted by Crippen LogP contribution is -2.36. The van der Waals surface area contributed by atoms with Crippen molar-refractivity contribution in [3.05, 3.63) is 33.8 Å². The second kappa shape index (κ2) is 5.85. The molecular formula is C13H15Cl2NO. The van der Waals surface area contributed by atoms with Crippen LogP contribution in [0.25, 0.3) is 0 Å². The summed E-state index contributed by atoms with van der Waals surface area (Å²) in [5.74, 6) is 0.0550. The molecule has 1 atom stereocenters. The van der Waals surface area contributed by atoms with Crippen molar-refractivity contribution < 1.29 is 4.79 Å². The molecule has 1 saturated heterocycles. The van der Waals surface area contributed by atoms with Crippen LogP contribution in [0.15, 0.2) is 18.2 Å². The molecule has 0 aromatic heterocycles. The lowest BCUT2D eigenvalue weighted by Gasteiger charge is -2.15. The molecule has 1 fully saturated rings. The third-order valence-corrected chi connectivity index (χ3v) is 3.64. The highest BCUT2D eigenvalue weighted by Crippen LogP contribution is 2.23. The predicted molar refractivity (Wildman–Crippen MR) is 71.1 cm³/mol. The first-order chi connectivity index (χ1) is 8.18. The van der Waals surface area contributed by atoms with E-state index < -0.39 is 0 Å². The number of carbonyl (C=O) groups is 1. The van der Waals surface area contributed by atoms with Gasteiger partial charge in [0, 0.05) is 10.6 Å². The van der Waals surface area contributed by atoms with Crippen LogP contribution in [0, 0.1) is 0 Å². The van der Waals surface area contributed by atoms with Gasteiger partial charge in [0.1, 0.15) is 0 Å². The van der Waals surface area contributed by atoms with Gasteiger partial charge in [-0.15, -0.1) is 0 Å². The molecule has 1 aliphatic heterocycles. The quantitative estimate of drug-likeness (QED) is 0.831. The topological polar surface area (TPSA) is 29.1 Å². The molecule has 2 nitrogen and oxygen atoms in total.